The predicted molar refractivity (Wildman–Crippen MR) is 85.3 cm³/mol. The maximum Gasteiger partial charge on any atom is 0.0386 e. The smallest absolute Gasteiger partial charge is 0.0386 e. The van der Waals surface area contributed by atoms with Crippen molar-refractivity contribution in [1.82, 2.24) is 5.32 Å². The molecule has 3 heteroatoms. The van der Waals surface area contributed by atoms with E-state index in [0.717, 1.165) is 6.54 Å². The molecule has 0 bridgehead atoms. The van der Waals surface area contributed by atoms with E-state index in [2.05, 4.69) is 55.6 Å². The number of aryl methyl sites for hydroxylation is 1. The Labute approximate surface area is 123 Å². The lowest BCUT2D eigenvalue weighted by molar-refractivity contribution is 0.574. The van der Waals surface area contributed by atoms with E-state index in [-0.39, 0.29) is 0 Å². The topological polar surface area (TPSA) is 12.0 Å². The van der Waals surface area contributed by atoms with Crippen LogP contribution in [0.2, 0.25) is 0 Å². The lowest BCUT2D eigenvalue weighted by Crippen LogP contribution is -2.26. The van der Waals surface area contributed by atoms with E-state index in [1.165, 1.54) is 26.6 Å². The number of thiophene rings is 1. The first-order chi connectivity index (χ1) is 9.22. The van der Waals surface area contributed by atoms with Gasteiger partial charge in [-0.1, -0.05) is 18.2 Å². The van der Waals surface area contributed by atoms with Crippen LogP contribution in [0.4, 0.5) is 0 Å². The molecule has 1 aromatic heterocycles. The van der Waals surface area contributed by atoms with Crippen LogP contribution in [0.3, 0.4) is 0 Å². The molecule has 2 atom stereocenters. The molecule has 1 nitrogen and oxygen atoms in total. The molecular formula is C16H19NS2. The van der Waals surface area contributed by atoms with Crippen LogP contribution < -0.4 is 5.32 Å². The monoisotopic (exact) mass is 289 g/mol. The van der Waals surface area contributed by atoms with Crippen LogP contribution in [0.15, 0.2) is 41.3 Å². The molecule has 2 heterocycles. The Balaban J connectivity index is 1.54. The van der Waals surface area contributed by atoms with E-state index in [0.29, 0.717) is 11.3 Å². The van der Waals surface area contributed by atoms with Gasteiger partial charge in [0, 0.05) is 32.5 Å². The molecular weight excluding hydrogens is 270 g/mol. The zero-order valence-corrected chi connectivity index (χ0v) is 13.0. The summed E-state index contributed by atoms with van der Waals surface area (Å²) in [5.74, 6) is 0. The summed E-state index contributed by atoms with van der Waals surface area (Å²) >= 11 is 3.92. The minimum absolute atomic E-state index is 0.461. The first kappa shape index (κ1) is 13.2. The third-order valence-corrected chi connectivity index (χ3v) is 6.06. The lowest BCUT2D eigenvalue weighted by Gasteiger charge is -2.15. The fraction of sp³-hybridized carbons (Fsp3) is 0.375. The van der Waals surface area contributed by atoms with Gasteiger partial charge in [-0.15, -0.1) is 23.1 Å². The van der Waals surface area contributed by atoms with Crippen LogP contribution >= 0.6 is 23.1 Å². The zero-order valence-electron chi connectivity index (χ0n) is 11.3. The van der Waals surface area contributed by atoms with Crippen molar-refractivity contribution in [3.8, 4) is 0 Å². The fourth-order valence-corrected chi connectivity index (χ4v) is 4.63. The lowest BCUT2D eigenvalue weighted by atomic mass is 10.1. The van der Waals surface area contributed by atoms with E-state index in [1.54, 1.807) is 0 Å². The molecule has 0 spiro atoms. The van der Waals surface area contributed by atoms with Crippen LogP contribution in [0, 0.1) is 6.92 Å². The molecule has 1 N–H and O–H groups in total. The second-order valence-electron chi connectivity index (χ2n) is 5.13. The van der Waals surface area contributed by atoms with Crippen LogP contribution in [-0.4, -0.2) is 11.8 Å². The molecule has 0 saturated carbocycles. The van der Waals surface area contributed by atoms with E-state index in [4.69, 9.17) is 0 Å². The zero-order chi connectivity index (χ0) is 13.2. The molecule has 1 aromatic carbocycles. The summed E-state index contributed by atoms with van der Waals surface area (Å²) in [4.78, 5) is 4.30. The molecule has 100 valence electrons. The Kier molecular flexibility index (Phi) is 3.96. The van der Waals surface area contributed by atoms with Gasteiger partial charge in [0.15, 0.2) is 0 Å². The van der Waals surface area contributed by atoms with Gasteiger partial charge in [-0.3, -0.25) is 0 Å². The maximum atomic E-state index is 3.68. The Bertz CT molecular complexity index is 536. The third-order valence-electron chi connectivity index (χ3n) is 3.55. The number of hydrogen-bond donors (Lipinski definition) is 1. The second-order valence-corrected chi connectivity index (χ2v) is 7.79. The summed E-state index contributed by atoms with van der Waals surface area (Å²) in [6.07, 6.45) is 1.20. The van der Waals surface area contributed by atoms with E-state index in [9.17, 15) is 0 Å². The van der Waals surface area contributed by atoms with Crippen molar-refractivity contribution >= 4 is 23.1 Å². The molecule has 0 radical (unpaired) electrons. The van der Waals surface area contributed by atoms with Crippen molar-refractivity contribution < 1.29 is 0 Å². The van der Waals surface area contributed by atoms with Gasteiger partial charge in [0.05, 0.1) is 0 Å². The molecule has 2 aromatic rings. The second kappa shape index (κ2) is 5.70. The molecule has 0 fully saturated rings. The van der Waals surface area contributed by atoms with E-state index < -0.39 is 0 Å². The largest absolute Gasteiger partial charge is 0.308 e. The van der Waals surface area contributed by atoms with Crippen molar-refractivity contribution in [2.24, 2.45) is 0 Å². The number of benzene rings is 1. The Morgan fingerprint density at radius 2 is 2.11 bits per heavy atom. The average molecular weight is 289 g/mol. The highest BCUT2D eigenvalue weighted by molar-refractivity contribution is 8.00. The summed E-state index contributed by atoms with van der Waals surface area (Å²) in [5, 5.41) is 4.36. The van der Waals surface area contributed by atoms with Gasteiger partial charge in [0.25, 0.3) is 0 Å². The SMILES string of the molecule is Cc1ccc(C(C)NCC2Cc3ccccc3S2)s1. The predicted octanol–water partition coefficient (Wildman–Crippen LogP) is 4.42. The molecule has 3 rings (SSSR count). The average Bonchev–Trinajstić information content (AvgIpc) is 3.01. The van der Waals surface area contributed by atoms with Gasteiger partial charge >= 0.3 is 0 Å². The summed E-state index contributed by atoms with van der Waals surface area (Å²) < 4.78 is 0. The van der Waals surface area contributed by atoms with Crippen LogP contribution in [-0.2, 0) is 6.42 Å². The van der Waals surface area contributed by atoms with Crippen molar-refractivity contribution in [3.05, 3.63) is 51.7 Å². The van der Waals surface area contributed by atoms with Crippen LogP contribution in [0.25, 0.3) is 0 Å². The summed E-state index contributed by atoms with van der Waals surface area (Å²) in [5.41, 5.74) is 1.51. The standard InChI is InChI=1S/C16H19NS2/c1-11-7-8-15(18-11)12(2)17-10-14-9-13-5-3-4-6-16(13)19-14/h3-8,12,14,17H,9-10H2,1-2H3. The highest BCUT2D eigenvalue weighted by Gasteiger charge is 2.22. The highest BCUT2D eigenvalue weighted by atomic mass is 32.2. The first-order valence-corrected chi connectivity index (χ1v) is 8.46. The first-order valence-electron chi connectivity index (χ1n) is 6.76. The van der Waals surface area contributed by atoms with E-state index in [1.807, 2.05) is 23.1 Å². The van der Waals surface area contributed by atoms with Crippen LogP contribution in [0.5, 0.6) is 0 Å². The van der Waals surface area contributed by atoms with Crippen LogP contribution in [0.1, 0.15) is 28.3 Å². The Hall–Kier alpha value is -0.770. The van der Waals surface area contributed by atoms with Gasteiger partial charge in [0.1, 0.15) is 0 Å². The number of fused-ring (bicyclic) bond motifs is 1. The van der Waals surface area contributed by atoms with Crippen molar-refractivity contribution in [1.29, 1.82) is 0 Å². The summed E-state index contributed by atoms with van der Waals surface area (Å²) in [7, 11) is 0. The number of rotatable bonds is 4. The quantitative estimate of drug-likeness (QED) is 0.894. The fourth-order valence-electron chi connectivity index (χ4n) is 2.46. The van der Waals surface area contributed by atoms with Gasteiger partial charge in [-0.2, -0.15) is 0 Å². The molecule has 0 saturated heterocycles. The van der Waals surface area contributed by atoms with Gasteiger partial charge < -0.3 is 5.32 Å². The van der Waals surface area contributed by atoms with Gasteiger partial charge in [0.2, 0.25) is 0 Å². The number of nitrogens with one attached hydrogen (secondary N) is 1. The molecule has 2 unspecified atom stereocenters. The Morgan fingerprint density at radius 3 is 2.84 bits per heavy atom. The molecule has 19 heavy (non-hydrogen) atoms. The summed E-state index contributed by atoms with van der Waals surface area (Å²) in [6, 6.07) is 13.7. The Morgan fingerprint density at radius 1 is 1.26 bits per heavy atom. The third kappa shape index (κ3) is 3.04. The number of thioether (sulfide) groups is 1. The molecule has 0 aliphatic carbocycles. The van der Waals surface area contributed by atoms with Crippen molar-refractivity contribution in [2.75, 3.05) is 6.54 Å². The maximum absolute atomic E-state index is 3.68. The minimum Gasteiger partial charge on any atom is -0.308 e. The summed E-state index contributed by atoms with van der Waals surface area (Å²) in [6.45, 7) is 5.51. The van der Waals surface area contributed by atoms with Gasteiger partial charge in [-0.05, 0) is 44.0 Å². The van der Waals surface area contributed by atoms with Crippen molar-refractivity contribution in [2.45, 2.75) is 36.5 Å². The molecule has 1 aliphatic heterocycles. The highest BCUT2D eigenvalue weighted by Crippen LogP contribution is 2.36. The normalized spacial score (nSPS) is 19.4. The number of hydrogen-bond acceptors (Lipinski definition) is 3. The minimum atomic E-state index is 0.461. The van der Waals surface area contributed by atoms with Crippen molar-refractivity contribution in [3.63, 3.8) is 0 Å². The van der Waals surface area contributed by atoms with Gasteiger partial charge in [-0.25, -0.2) is 0 Å². The molecule has 0 amide bonds. The molecule has 1 aliphatic rings. The van der Waals surface area contributed by atoms with E-state index >= 15 is 0 Å².